The molecule has 0 radical (unpaired) electrons. The summed E-state index contributed by atoms with van der Waals surface area (Å²) >= 11 is 1.80. The summed E-state index contributed by atoms with van der Waals surface area (Å²) in [6.07, 6.45) is 0. The topological polar surface area (TPSA) is 67.4 Å². The van der Waals surface area contributed by atoms with E-state index in [1.807, 2.05) is 0 Å². The zero-order valence-electron chi connectivity index (χ0n) is 19.1. The maximum absolute atomic E-state index is 5.91. The normalized spacial score (nSPS) is 15.7. The Morgan fingerprint density at radius 2 is 2.03 bits per heavy atom. The number of thiophene rings is 1. The van der Waals surface area contributed by atoms with Crippen molar-refractivity contribution in [3.05, 3.63) is 51.7 Å². The van der Waals surface area contributed by atoms with Gasteiger partial charge in [-0.15, -0.1) is 35.3 Å². The summed E-state index contributed by atoms with van der Waals surface area (Å²) in [6.45, 7) is 8.04. The number of guanidine groups is 1. The highest BCUT2D eigenvalue weighted by Crippen LogP contribution is 2.25. The van der Waals surface area contributed by atoms with Gasteiger partial charge in [-0.25, -0.2) is 0 Å². The van der Waals surface area contributed by atoms with Crippen LogP contribution in [0.4, 0.5) is 0 Å². The molecule has 7 nitrogen and oxygen atoms in total. The van der Waals surface area contributed by atoms with Gasteiger partial charge in [0.1, 0.15) is 12.4 Å². The second-order valence-corrected chi connectivity index (χ2v) is 8.42. The molecule has 0 spiro atoms. The van der Waals surface area contributed by atoms with E-state index in [0.717, 1.165) is 50.1 Å². The molecule has 1 atom stereocenters. The Morgan fingerprint density at radius 3 is 2.72 bits per heavy atom. The number of aryl methyl sites for hydroxylation is 1. The van der Waals surface area contributed by atoms with Crippen molar-refractivity contribution in [2.24, 2.45) is 4.99 Å². The third-order valence-electron chi connectivity index (χ3n) is 5.26. The molecule has 1 aromatic heterocycles. The van der Waals surface area contributed by atoms with Crippen LogP contribution < -0.4 is 15.4 Å². The quantitative estimate of drug-likeness (QED) is 0.196. The lowest BCUT2D eigenvalue weighted by atomic mass is 10.1. The zero-order valence-corrected chi connectivity index (χ0v) is 22.3. The fraction of sp³-hybridized carbons (Fsp3) is 0.522. The predicted octanol–water partition coefficient (Wildman–Crippen LogP) is 3.44. The Balaban J connectivity index is 0.00000363. The van der Waals surface area contributed by atoms with E-state index in [2.05, 4.69) is 63.2 Å². The number of aliphatic imine (C=N–C) groups is 1. The van der Waals surface area contributed by atoms with Crippen molar-refractivity contribution in [2.45, 2.75) is 19.5 Å². The van der Waals surface area contributed by atoms with E-state index < -0.39 is 0 Å². The van der Waals surface area contributed by atoms with Crippen molar-refractivity contribution in [3.63, 3.8) is 0 Å². The van der Waals surface area contributed by atoms with Crippen molar-refractivity contribution in [2.75, 3.05) is 60.2 Å². The molecule has 1 aliphatic heterocycles. The average molecular weight is 575 g/mol. The number of morpholine rings is 1. The number of hydrogen-bond acceptors (Lipinski definition) is 6. The van der Waals surface area contributed by atoms with Gasteiger partial charge in [0.05, 0.1) is 25.9 Å². The van der Waals surface area contributed by atoms with Gasteiger partial charge in [-0.05, 0) is 30.0 Å². The molecule has 178 valence electrons. The lowest BCUT2D eigenvalue weighted by Gasteiger charge is -2.34. The van der Waals surface area contributed by atoms with Gasteiger partial charge < -0.3 is 24.8 Å². The monoisotopic (exact) mass is 574 g/mol. The minimum absolute atomic E-state index is 0. The minimum Gasteiger partial charge on any atom is -0.491 e. The maximum atomic E-state index is 5.91. The number of methoxy groups -OCH3 is 1. The molecular formula is C23H35IN4O3S. The third-order valence-corrected chi connectivity index (χ3v) is 6.23. The molecule has 1 unspecified atom stereocenters. The molecule has 0 amide bonds. The van der Waals surface area contributed by atoms with E-state index in [-0.39, 0.29) is 24.0 Å². The summed E-state index contributed by atoms with van der Waals surface area (Å²) in [6, 6.07) is 10.9. The van der Waals surface area contributed by atoms with Gasteiger partial charge in [0.15, 0.2) is 5.96 Å². The predicted molar refractivity (Wildman–Crippen MR) is 142 cm³/mol. The minimum atomic E-state index is 0. The van der Waals surface area contributed by atoms with Crippen LogP contribution in [0.15, 0.2) is 40.7 Å². The highest BCUT2D eigenvalue weighted by atomic mass is 127. The fourth-order valence-electron chi connectivity index (χ4n) is 3.55. The summed E-state index contributed by atoms with van der Waals surface area (Å²) in [5, 5.41) is 9.08. The van der Waals surface area contributed by atoms with Gasteiger partial charge >= 0.3 is 0 Å². The fourth-order valence-corrected chi connectivity index (χ4v) is 4.41. The van der Waals surface area contributed by atoms with Crippen molar-refractivity contribution in [1.29, 1.82) is 0 Å². The van der Waals surface area contributed by atoms with Crippen LogP contribution in [-0.4, -0.2) is 71.1 Å². The molecule has 0 aliphatic carbocycles. The summed E-state index contributed by atoms with van der Waals surface area (Å²) in [5.41, 5.74) is 2.26. The van der Waals surface area contributed by atoms with Crippen LogP contribution in [0.1, 0.15) is 22.0 Å². The molecule has 1 fully saturated rings. The molecule has 3 rings (SSSR count). The molecule has 0 bridgehead atoms. The zero-order chi connectivity index (χ0) is 21.9. The Hall–Kier alpha value is -1.40. The summed E-state index contributed by atoms with van der Waals surface area (Å²) < 4.78 is 16.6. The largest absolute Gasteiger partial charge is 0.491 e. The molecule has 1 aromatic carbocycles. The average Bonchev–Trinajstić information content (AvgIpc) is 3.32. The van der Waals surface area contributed by atoms with Crippen LogP contribution in [0.5, 0.6) is 5.75 Å². The molecule has 32 heavy (non-hydrogen) atoms. The van der Waals surface area contributed by atoms with E-state index in [9.17, 15) is 0 Å². The summed E-state index contributed by atoms with van der Waals surface area (Å²) in [5.74, 6) is 1.66. The van der Waals surface area contributed by atoms with Crippen LogP contribution in [0.25, 0.3) is 0 Å². The highest BCUT2D eigenvalue weighted by Gasteiger charge is 2.23. The van der Waals surface area contributed by atoms with Crippen LogP contribution in [0, 0.1) is 6.92 Å². The third kappa shape index (κ3) is 8.18. The summed E-state index contributed by atoms with van der Waals surface area (Å²) in [4.78, 5) is 8.26. The molecule has 2 N–H and O–H groups in total. The smallest absolute Gasteiger partial charge is 0.191 e. The summed E-state index contributed by atoms with van der Waals surface area (Å²) in [7, 11) is 3.48. The molecule has 2 aromatic rings. The highest BCUT2D eigenvalue weighted by molar-refractivity contribution is 14.0. The van der Waals surface area contributed by atoms with Gasteiger partial charge in [0.2, 0.25) is 0 Å². The maximum Gasteiger partial charge on any atom is 0.191 e. The number of ether oxygens (including phenoxy) is 3. The van der Waals surface area contributed by atoms with Crippen LogP contribution in [0.3, 0.4) is 0 Å². The van der Waals surface area contributed by atoms with E-state index in [0.29, 0.717) is 25.8 Å². The van der Waals surface area contributed by atoms with E-state index in [4.69, 9.17) is 14.2 Å². The number of halogens is 1. The molecule has 9 heteroatoms. The van der Waals surface area contributed by atoms with E-state index in [1.165, 1.54) is 10.4 Å². The van der Waals surface area contributed by atoms with Crippen molar-refractivity contribution in [1.82, 2.24) is 15.5 Å². The standard InChI is InChI=1S/C23H34N4O3S.HI/c1-18-6-7-19(21(15-18)30-13-12-28-3)16-25-23(24-2)26-17-20(22-5-4-14-31-22)27-8-10-29-11-9-27;/h4-7,14-15,20H,8-13,16-17H2,1-3H3,(H2,24,25,26);1H. The van der Waals surface area contributed by atoms with Gasteiger partial charge in [-0.1, -0.05) is 18.2 Å². The number of nitrogens with zero attached hydrogens (tertiary/aromatic N) is 2. The van der Waals surface area contributed by atoms with Crippen LogP contribution in [0.2, 0.25) is 0 Å². The molecular weight excluding hydrogens is 539 g/mol. The number of rotatable bonds is 10. The lowest BCUT2D eigenvalue weighted by molar-refractivity contribution is 0.0177. The van der Waals surface area contributed by atoms with E-state index in [1.54, 1.807) is 25.5 Å². The molecule has 0 saturated carbocycles. The van der Waals surface area contributed by atoms with Crippen molar-refractivity contribution < 1.29 is 14.2 Å². The Bertz CT molecular complexity index is 814. The number of hydrogen-bond donors (Lipinski definition) is 2. The van der Waals surface area contributed by atoms with Crippen LogP contribution in [-0.2, 0) is 16.0 Å². The number of benzene rings is 1. The van der Waals surface area contributed by atoms with Crippen molar-refractivity contribution in [3.8, 4) is 5.75 Å². The second kappa shape index (κ2) is 14.7. The molecule has 1 saturated heterocycles. The van der Waals surface area contributed by atoms with Crippen LogP contribution >= 0.6 is 35.3 Å². The lowest BCUT2D eigenvalue weighted by Crippen LogP contribution is -2.46. The number of nitrogens with one attached hydrogen (secondary N) is 2. The first-order valence-electron chi connectivity index (χ1n) is 10.7. The van der Waals surface area contributed by atoms with Gasteiger partial charge in [-0.2, -0.15) is 0 Å². The van der Waals surface area contributed by atoms with Gasteiger partial charge in [0, 0.05) is 50.8 Å². The van der Waals surface area contributed by atoms with Gasteiger partial charge in [0.25, 0.3) is 0 Å². The Labute approximate surface area is 212 Å². The Kier molecular flexibility index (Phi) is 12.3. The van der Waals surface area contributed by atoms with E-state index >= 15 is 0 Å². The first kappa shape index (κ1) is 26.8. The SMILES string of the molecule is CN=C(NCc1ccc(C)cc1OCCOC)NCC(c1cccs1)N1CCOCC1.I. The molecule has 2 heterocycles. The Morgan fingerprint density at radius 1 is 1.22 bits per heavy atom. The first-order valence-corrected chi connectivity index (χ1v) is 11.6. The molecule has 1 aliphatic rings. The van der Waals surface area contributed by atoms with Crippen molar-refractivity contribution >= 4 is 41.3 Å². The first-order chi connectivity index (χ1) is 15.2. The second-order valence-electron chi connectivity index (χ2n) is 7.44. The van der Waals surface area contributed by atoms with Gasteiger partial charge in [-0.3, -0.25) is 9.89 Å².